The first-order valence-corrected chi connectivity index (χ1v) is 6.26. The summed E-state index contributed by atoms with van der Waals surface area (Å²) in [5.74, 6) is 0.673. The molecule has 0 heterocycles. The highest BCUT2D eigenvalue weighted by atomic mass is 16.3. The number of hydrogen-bond acceptors (Lipinski definition) is 1. The van der Waals surface area contributed by atoms with Gasteiger partial charge in [0, 0.05) is 0 Å². The van der Waals surface area contributed by atoms with Gasteiger partial charge in [0.05, 0.1) is 6.61 Å². The summed E-state index contributed by atoms with van der Waals surface area (Å²) in [7, 11) is 0. The summed E-state index contributed by atoms with van der Waals surface area (Å²) in [4.78, 5) is 0. The van der Waals surface area contributed by atoms with Gasteiger partial charge in [-0.15, -0.1) is 0 Å². The predicted octanol–water partition coefficient (Wildman–Crippen LogP) is 4.01. The molecule has 0 bridgehead atoms. The number of hydrogen-bond donors (Lipinski definition) is 1. The molecule has 0 aromatic heterocycles. The second-order valence-corrected chi connectivity index (χ2v) is 4.94. The van der Waals surface area contributed by atoms with E-state index in [-0.39, 0.29) is 6.61 Å². The third kappa shape index (κ3) is 4.36. The van der Waals surface area contributed by atoms with Crippen molar-refractivity contribution >= 4 is 0 Å². The van der Waals surface area contributed by atoms with Gasteiger partial charge in [0.1, 0.15) is 0 Å². The summed E-state index contributed by atoms with van der Waals surface area (Å²) in [5, 5.41) is 8.89. The molecule has 0 aromatic rings. The average molecular weight is 220 g/mol. The molecule has 1 heteroatoms. The van der Waals surface area contributed by atoms with E-state index < -0.39 is 0 Å². The van der Waals surface area contributed by atoms with Crippen molar-refractivity contribution in [2.45, 2.75) is 46.5 Å². The van der Waals surface area contributed by atoms with E-state index in [2.05, 4.69) is 32.1 Å². The summed E-state index contributed by atoms with van der Waals surface area (Å²) < 4.78 is 0. The zero-order valence-corrected chi connectivity index (χ0v) is 10.8. The van der Waals surface area contributed by atoms with E-state index in [9.17, 15) is 0 Å². The Kier molecular flexibility index (Phi) is 5.54. The van der Waals surface area contributed by atoms with Crippen molar-refractivity contribution in [2.75, 3.05) is 6.61 Å². The molecule has 16 heavy (non-hydrogen) atoms. The lowest BCUT2D eigenvalue weighted by Crippen LogP contribution is -2.02. The molecule has 0 amide bonds. The van der Waals surface area contributed by atoms with Gasteiger partial charge >= 0.3 is 0 Å². The smallest absolute Gasteiger partial charge is 0.0639 e. The van der Waals surface area contributed by atoms with Gasteiger partial charge in [-0.2, -0.15) is 0 Å². The SMILES string of the molecule is CC1=CC=C(C(C)CC/C=C(\C)CO)CC1. The van der Waals surface area contributed by atoms with E-state index in [4.69, 9.17) is 5.11 Å². The van der Waals surface area contributed by atoms with E-state index in [1.54, 1.807) is 5.57 Å². The van der Waals surface area contributed by atoms with Crippen LogP contribution in [0.25, 0.3) is 0 Å². The maximum absolute atomic E-state index is 8.89. The van der Waals surface area contributed by atoms with Crippen molar-refractivity contribution in [3.8, 4) is 0 Å². The Morgan fingerprint density at radius 2 is 2.19 bits per heavy atom. The van der Waals surface area contributed by atoms with Crippen LogP contribution in [0.2, 0.25) is 0 Å². The molecular weight excluding hydrogens is 196 g/mol. The lowest BCUT2D eigenvalue weighted by atomic mass is 9.88. The predicted molar refractivity (Wildman–Crippen MR) is 70.3 cm³/mol. The Balaban J connectivity index is 2.38. The molecule has 0 saturated carbocycles. The van der Waals surface area contributed by atoms with Crippen molar-refractivity contribution < 1.29 is 5.11 Å². The maximum atomic E-state index is 8.89. The molecule has 0 spiro atoms. The van der Waals surface area contributed by atoms with Crippen LogP contribution in [0.5, 0.6) is 0 Å². The average Bonchev–Trinajstić information content (AvgIpc) is 2.29. The fraction of sp³-hybridized carbons (Fsp3) is 0.600. The Labute approximate surface area is 99.6 Å². The third-order valence-corrected chi connectivity index (χ3v) is 3.36. The fourth-order valence-corrected chi connectivity index (χ4v) is 2.00. The van der Waals surface area contributed by atoms with Crippen LogP contribution >= 0.6 is 0 Å². The van der Waals surface area contributed by atoms with Crippen molar-refractivity contribution in [2.24, 2.45) is 5.92 Å². The van der Waals surface area contributed by atoms with E-state index in [0.29, 0.717) is 5.92 Å². The van der Waals surface area contributed by atoms with Gasteiger partial charge in [-0.25, -0.2) is 0 Å². The number of allylic oxidation sites excluding steroid dienone is 5. The summed E-state index contributed by atoms with van der Waals surface area (Å²) in [6, 6.07) is 0. The standard InChI is InChI=1S/C15H24O/c1-12-7-9-15(10-8-12)14(3)6-4-5-13(2)11-16/h5,7,9,14,16H,4,6,8,10-11H2,1-3H3/b13-5+. The van der Waals surface area contributed by atoms with Crippen LogP contribution in [-0.2, 0) is 0 Å². The molecule has 0 aliphatic heterocycles. The molecule has 0 saturated heterocycles. The Bertz CT molecular complexity index is 307. The van der Waals surface area contributed by atoms with Gasteiger partial charge in [-0.05, 0) is 45.4 Å². The Morgan fingerprint density at radius 3 is 2.75 bits per heavy atom. The molecule has 1 aliphatic carbocycles. The second kappa shape index (κ2) is 6.70. The van der Waals surface area contributed by atoms with Gasteiger partial charge in [-0.1, -0.05) is 41.9 Å². The van der Waals surface area contributed by atoms with Crippen molar-refractivity contribution in [3.63, 3.8) is 0 Å². The third-order valence-electron chi connectivity index (χ3n) is 3.36. The fourth-order valence-electron chi connectivity index (χ4n) is 2.00. The van der Waals surface area contributed by atoms with Gasteiger partial charge in [0.2, 0.25) is 0 Å². The summed E-state index contributed by atoms with van der Waals surface area (Å²) in [6.07, 6.45) is 11.4. The van der Waals surface area contributed by atoms with E-state index in [1.807, 2.05) is 6.92 Å². The van der Waals surface area contributed by atoms with Crippen LogP contribution < -0.4 is 0 Å². The summed E-state index contributed by atoms with van der Waals surface area (Å²) in [5.41, 5.74) is 4.16. The molecule has 1 N–H and O–H groups in total. The monoisotopic (exact) mass is 220 g/mol. The zero-order valence-electron chi connectivity index (χ0n) is 10.8. The molecule has 1 aliphatic rings. The topological polar surface area (TPSA) is 20.2 Å². The highest BCUT2D eigenvalue weighted by Gasteiger charge is 2.10. The second-order valence-electron chi connectivity index (χ2n) is 4.94. The molecule has 1 nitrogen and oxygen atoms in total. The normalized spacial score (nSPS) is 19.1. The van der Waals surface area contributed by atoms with E-state index in [0.717, 1.165) is 12.0 Å². The minimum absolute atomic E-state index is 0.193. The molecule has 1 rings (SSSR count). The number of rotatable bonds is 5. The molecular formula is C15H24O. The molecule has 1 atom stereocenters. The van der Waals surface area contributed by atoms with Crippen LogP contribution in [0.3, 0.4) is 0 Å². The van der Waals surface area contributed by atoms with Gasteiger partial charge in [-0.3, -0.25) is 0 Å². The molecule has 1 unspecified atom stereocenters. The number of aliphatic hydroxyl groups is 1. The van der Waals surface area contributed by atoms with Gasteiger partial charge in [0.25, 0.3) is 0 Å². The number of aliphatic hydroxyl groups excluding tert-OH is 1. The van der Waals surface area contributed by atoms with Crippen molar-refractivity contribution in [3.05, 3.63) is 34.9 Å². The van der Waals surface area contributed by atoms with Crippen LogP contribution in [0, 0.1) is 5.92 Å². The first kappa shape index (κ1) is 13.2. The Morgan fingerprint density at radius 1 is 1.44 bits per heavy atom. The minimum atomic E-state index is 0.193. The van der Waals surface area contributed by atoms with Crippen molar-refractivity contribution in [1.82, 2.24) is 0 Å². The highest BCUT2D eigenvalue weighted by Crippen LogP contribution is 2.26. The van der Waals surface area contributed by atoms with E-state index >= 15 is 0 Å². The highest BCUT2D eigenvalue weighted by molar-refractivity contribution is 5.24. The van der Waals surface area contributed by atoms with Gasteiger partial charge < -0.3 is 5.11 Å². The van der Waals surface area contributed by atoms with Crippen molar-refractivity contribution in [1.29, 1.82) is 0 Å². The largest absolute Gasteiger partial charge is 0.392 e. The molecule has 0 aromatic carbocycles. The van der Waals surface area contributed by atoms with Crippen LogP contribution in [0.1, 0.15) is 46.5 Å². The minimum Gasteiger partial charge on any atom is -0.392 e. The molecule has 90 valence electrons. The van der Waals surface area contributed by atoms with E-state index in [1.165, 1.54) is 24.8 Å². The maximum Gasteiger partial charge on any atom is 0.0639 e. The quantitative estimate of drug-likeness (QED) is 0.694. The van der Waals surface area contributed by atoms with Crippen LogP contribution in [0.4, 0.5) is 0 Å². The molecule has 0 fully saturated rings. The Hall–Kier alpha value is -0.820. The summed E-state index contributed by atoms with van der Waals surface area (Å²) >= 11 is 0. The lowest BCUT2D eigenvalue weighted by molar-refractivity contribution is 0.330. The zero-order chi connectivity index (χ0) is 12.0. The molecule has 0 radical (unpaired) electrons. The van der Waals surface area contributed by atoms with Crippen LogP contribution in [0.15, 0.2) is 34.9 Å². The van der Waals surface area contributed by atoms with Crippen LogP contribution in [-0.4, -0.2) is 11.7 Å². The first-order valence-electron chi connectivity index (χ1n) is 6.26. The lowest BCUT2D eigenvalue weighted by Gasteiger charge is -2.18. The first-order chi connectivity index (χ1) is 7.63. The summed E-state index contributed by atoms with van der Waals surface area (Å²) in [6.45, 7) is 6.68. The van der Waals surface area contributed by atoms with Gasteiger partial charge in [0.15, 0.2) is 0 Å².